The Hall–Kier alpha value is -0.700. The summed E-state index contributed by atoms with van der Waals surface area (Å²) < 4.78 is 0. The van der Waals surface area contributed by atoms with Crippen LogP contribution in [-0.2, 0) is 0 Å². The van der Waals surface area contributed by atoms with Crippen LogP contribution in [0.25, 0.3) is 0 Å². The third-order valence-corrected chi connectivity index (χ3v) is 0.822. The minimum atomic E-state index is -0.569. The summed E-state index contributed by atoms with van der Waals surface area (Å²) in [6, 6.07) is 0. The normalized spacial score (nSPS) is 28.3. The van der Waals surface area contributed by atoms with Gasteiger partial charge in [0.15, 0.2) is 0 Å². The fraction of sp³-hybridized carbons (Fsp3) is 0.500. The van der Waals surface area contributed by atoms with Gasteiger partial charge in [-0.05, 0) is 6.92 Å². The molecule has 3 nitrogen and oxygen atoms in total. The molecule has 1 rings (SSSR count). The van der Waals surface area contributed by atoms with Gasteiger partial charge >= 0.3 is 0 Å². The SMILES string of the molecule is CC1=CNC(O)N1. The van der Waals surface area contributed by atoms with Crippen molar-refractivity contribution in [2.45, 2.75) is 13.3 Å². The van der Waals surface area contributed by atoms with Crippen LogP contribution in [0.15, 0.2) is 11.9 Å². The fourth-order valence-corrected chi connectivity index (χ4v) is 0.503. The number of aliphatic hydroxyl groups excluding tert-OH is 1. The lowest BCUT2D eigenvalue weighted by atomic mass is 10.6. The van der Waals surface area contributed by atoms with E-state index in [1.54, 1.807) is 6.20 Å². The molecule has 1 aliphatic rings. The number of hydrogen-bond acceptors (Lipinski definition) is 3. The Bertz CT molecular complexity index is 99.9. The molecule has 3 heteroatoms. The molecule has 0 aromatic carbocycles. The number of nitrogens with one attached hydrogen (secondary N) is 2. The molecular formula is C4H8N2O. The first-order valence-electron chi connectivity index (χ1n) is 2.16. The van der Waals surface area contributed by atoms with Gasteiger partial charge in [0.05, 0.1) is 0 Å². The minimum absolute atomic E-state index is 0.569. The number of rotatable bonds is 0. The molecule has 0 saturated carbocycles. The smallest absolute Gasteiger partial charge is 0.202 e. The minimum Gasteiger partial charge on any atom is -0.357 e. The van der Waals surface area contributed by atoms with Gasteiger partial charge in [0, 0.05) is 11.9 Å². The molecule has 1 unspecified atom stereocenters. The summed E-state index contributed by atoms with van der Waals surface area (Å²) >= 11 is 0. The average Bonchev–Trinajstić information content (AvgIpc) is 1.87. The van der Waals surface area contributed by atoms with Gasteiger partial charge < -0.3 is 15.7 Å². The zero-order chi connectivity index (χ0) is 5.28. The van der Waals surface area contributed by atoms with E-state index in [1.807, 2.05) is 6.92 Å². The fourth-order valence-electron chi connectivity index (χ4n) is 0.503. The van der Waals surface area contributed by atoms with Crippen LogP contribution in [0.3, 0.4) is 0 Å². The lowest BCUT2D eigenvalue weighted by Crippen LogP contribution is -2.30. The molecule has 0 spiro atoms. The molecule has 1 atom stereocenters. The van der Waals surface area contributed by atoms with E-state index in [4.69, 9.17) is 5.11 Å². The molecule has 0 radical (unpaired) electrons. The van der Waals surface area contributed by atoms with Gasteiger partial charge in [-0.3, -0.25) is 0 Å². The van der Waals surface area contributed by atoms with Crippen LogP contribution in [0, 0.1) is 0 Å². The van der Waals surface area contributed by atoms with E-state index in [0.29, 0.717) is 0 Å². The van der Waals surface area contributed by atoms with Crippen molar-refractivity contribution in [1.29, 1.82) is 0 Å². The van der Waals surface area contributed by atoms with Gasteiger partial charge in [-0.1, -0.05) is 0 Å². The highest BCUT2D eigenvalue weighted by Crippen LogP contribution is 1.91. The van der Waals surface area contributed by atoms with Gasteiger partial charge in [0.1, 0.15) is 0 Å². The van der Waals surface area contributed by atoms with E-state index in [9.17, 15) is 0 Å². The first kappa shape index (κ1) is 4.46. The standard InChI is InChI=1S/C4H8N2O/c1-3-2-5-4(7)6-3/h2,4-7H,1H3. The highest BCUT2D eigenvalue weighted by Gasteiger charge is 2.04. The molecule has 0 aliphatic carbocycles. The van der Waals surface area contributed by atoms with Crippen LogP contribution < -0.4 is 10.6 Å². The van der Waals surface area contributed by atoms with E-state index in [2.05, 4.69) is 10.6 Å². The molecule has 0 amide bonds. The predicted molar refractivity (Wildman–Crippen MR) is 26.0 cm³/mol. The summed E-state index contributed by atoms with van der Waals surface area (Å²) in [7, 11) is 0. The zero-order valence-electron chi connectivity index (χ0n) is 4.10. The van der Waals surface area contributed by atoms with E-state index in [-0.39, 0.29) is 0 Å². The Morgan fingerprint density at radius 2 is 2.57 bits per heavy atom. The maximum Gasteiger partial charge on any atom is 0.202 e. The van der Waals surface area contributed by atoms with Crippen LogP contribution in [0.5, 0.6) is 0 Å². The molecule has 0 saturated heterocycles. The Morgan fingerprint density at radius 1 is 1.86 bits per heavy atom. The third-order valence-electron chi connectivity index (χ3n) is 0.822. The van der Waals surface area contributed by atoms with Crippen molar-refractivity contribution in [3.05, 3.63) is 11.9 Å². The second-order valence-electron chi connectivity index (χ2n) is 1.54. The third kappa shape index (κ3) is 0.838. The lowest BCUT2D eigenvalue weighted by Gasteiger charge is -2.01. The summed E-state index contributed by atoms with van der Waals surface area (Å²) in [5.41, 5.74) is 0.965. The highest BCUT2D eigenvalue weighted by atomic mass is 16.3. The number of allylic oxidation sites excluding steroid dienone is 1. The maximum atomic E-state index is 8.63. The van der Waals surface area contributed by atoms with E-state index >= 15 is 0 Å². The van der Waals surface area contributed by atoms with Crippen LogP contribution in [0.2, 0.25) is 0 Å². The van der Waals surface area contributed by atoms with Crippen molar-refractivity contribution in [3.63, 3.8) is 0 Å². The van der Waals surface area contributed by atoms with Crippen molar-refractivity contribution in [2.24, 2.45) is 0 Å². The number of aliphatic hydroxyl groups is 1. The highest BCUT2D eigenvalue weighted by molar-refractivity contribution is 4.99. The van der Waals surface area contributed by atoms with E-state index < -0.39 is 6.35 Å². The molecule has 40 valence electrons. The summed E-state index contributed by atoms with van der Waals surface area (Å²) in [5.74, 6) is 0. The van der Waals surface area contributed by atoms with Crippen molar-refractivity contribution >= 4 is 0 Å². The van der Waals surface area contributed by atoms with Gasteiger partial charge in [0.2, 0.25) is 6.35 Å². The molecule has 0 aromatic rings. The van der Waals surface area contributed by atoms with Crippen molar-refractivity contribution < 1.29 is 5.11 Å². The Morgan fingerprint density at radius 3 is 2.71 bits per heavy atom. The Labute approximate surface area is 42.0 Å². The van der Waals surface area contributed by atoms with E-state index in [1.165, 1.54) is 0 Å². The average molecular weight is 100 g/mol. The Kier molecular flexibility index (Phi) is 0.906. The van der Waals surface area contributed by atoms with Gasteiger partial charge in [-0.25, -0.2) is 0 Å². The van der Waals surface area contributed by atoms with Crippen molar-refractivity contribution in [3.8, 4) is 0 Å². The van der Waals surface area contributed by atoms with Crippen LogP contribution >= 0.6 is 0 Å². The van der Waals surface area contributed by atoms with Crippen molar-refractivity contribution in [1.82, 2.24) is 10.6 Å². The monoisotopic (exact) mass is 100 g/mol. The van der Waals surface area contributed by atoms with Gasteiger partial charge in [-0.15, -0.1) is 0 Å². The zero-order valence-corrected chi connectivity index (χ0v) is 4.10. The predicted octanol–water partition coefficient (Wildman–Crippen LogP) is -0.684. The Balaban J connectivity index is 2.42. The summed E-state index contributed by atoms with van der Waals surface area (Å²) in [5, 5.41) is 14.0. The molecule has 1 heterocycles. The summed E-state index contributed by atoms with van der Waals surface area (Å²) in [4.78, 5) is 0. The van der Waals surface area contributed by atoms with Crippen LogP contribution in [-0.4, -0.2) is 11.5 Å². The first-order valence-corrected chi connectivity index (χ1v) is 2.16. The van der Waals surface area contributed by atoms with Crippen LogP contribution in [0.4, 0.5) is 0 Å². The molecule has 7 heavy (non-hydrogen) atoms. The summed E-state index contributed by atoms with van der Waals surface area (Å²) in [6.45, 7) is 1.88. The molecule has 3 N–H and O–H groups in total. The van der Waals surface area contributed by atoms with E-state index in [0.717, 1.165) is 5.70 Å². The van der Waals surface area contributed by atoms with Gasteiger partial charge in [-0.2, -0.15) is 0 Å². The molecule has 0 bridgehead atoms. The topological polar surface area (TPSA) is 44.3 Å². The second kappa shape index (κ2) is 1.42. The molecular weight excluding hydrogens is 92.1 g/mol. The first-order chi connectivity index (χ1) is 3.29. The van der Waals surface area contributed by atoms with Gasteiger partial charge in [0.25, 0.3) is 0 Å². The molecule has 1 aliphatic heterocycles. The molecule has 0 aromatic heterocycles. The van der Waals surface area contributed by atoms with Crippen molar-refractivity contribution in [2.75, 3.05) is 0 Å². The quantitative estimate of drug-likeness (QED) is 0.378. The largest absolute Gasteiger partial charge is 0.357 e. The maximum absolute atomic E-state index is 8.63. The van der Waals surface area contributed by atoms with Crippen LogP contribution in [0.1, 0.15) is 6.92 Å². The molecule has 0 fully saturated rings. The lowest BCUT2D eigenvalue weighted by molar-refractivity contribution is 0.141. The summed E-state index contributed by atoms with van der Waals surface area (Å²) in [6.07, 6.45) is 1.16. The number of hydrogen-bond donors (Lipinski definition) is 3. The second-order valence-corrected chi connectivity index (χ2v) is 1.54.